The van der Waals surface area contributed by atoms with Crippen LogP contribution in [0.25, 0.3) is 11.3 Å². The first-order valence-electron chi connectivity index (χ1n) is 9.40. The summed E-state index contributed by atoms with van der Waals surface area (Å²) in [5, 5.41) is 6.57. The average molecular weight is 407 g/mol. The second-order valence-corrected chi connectivity index (χ2v) is 7.60. The highest BCUT2D eigenvalue weighted by molar-refractivity contribution is 5.93. The van der Waals surface area contributed by atoms with Gasteiger partial charge in [0.25, 0.3) is 0 Å². The van der Waals surface area contributed by atoms with Crippen LogP contribution in [0.1, 0.15) is 31.1 Å². The van der Waals surface area contributed by atoms with Crippen molar-refractivity contribution in [1.29, 1.82) is 0 Å². The van der Waals surface area contributed by atoms with Crippen LogP contribution in [0.5, 0.6) is 5.75 Å². The number of hydrogen-bond acceptors (Lipinski definition) is 8. The number of benzene rings is 1. The molecule has 0 aliphatic carbocycles. The average Bonchev–Trinajstić information content (AvgIpc) is 2.72. The van der Waals surface area contributed by atoms with Crippen molar-refractivity contribution in [3.05, 3.63) is 54.4 Å². The van der Waals surface area contributed by atoms with Crippen molar-refractivity contribution in [3.8, 4) is 17.0 Å². The molecule has 30 heavy (non-hydrogen) atoms. The molecule has 8 heteroatoms. The molecule has 0 radical (unpaired) electrons. The Balaban J connectivity index is 1.98. The van der Waals surface area contributed by atoms with Crippen LogP contribution < -0.4 is 15.4 Å². The molecule has 8 nitrogen and oxygen atoms in total. The molecule has 0 saturated carbocycles. The van der Waals surface area contributed by atoms with Gasteiger partial charge in [-0.2, -0.15) is 4.98 Å². The summed E-state index contributed by atoms with van der Waals surface area (Å²) in [5.74, 6) is 1.04. The number of ether oxygens (including phenoxy) is 2. The Morgan fingerprint density at radius 3 is 2.37 bits per heavy atom. The number of carbonyl (C=O) groups is 1. The molecule has 3 aromatic rings. The van der Waals surface area contributed by atoms with Crippen molar-refractivity contribution in [2.75, 3.05) is 24.9 Å². The zero-order chi connectivity index (χ0) is 21.7. The third-order valence-corrected chi connectivity index (χ3v) is 4.07. The third kappa shape index (κ3) is 5.22. The standard InChI is InChI=1S/C22H25N5O3/c1-22(2,3)27-21-25-17(14-8-10-23-11-9-14)13-19(26-21)24-15-6-7-16(20(28)30-5)18(12-15)29-4/h6-13H,1-5H3,(H2,24,25,26,27). The third-order valence-electron chi connectivity index (χ3n) is 4.07. The molecule has 2 aromatic heterocycles. The van der Waals surface area contributed by atoms with Gasteiger partial charge < -0.3 is 20.1 Å². The lowest BCUT2D eigenvalue weighted by Crippen LogP contribution is -2.27. The molecule has 0 spiro atoms. The van der Waals surface area contributed by atoms with E-state index in [0.29, 0.717) is 28.8 Å². The molecule has 0 atom stereocenters. The maximum Gasteiger partial charge on any atom is 0.341 e. The lowest BCUT2D eigenvalue weighted by Gasteiger charge is -2.21. The molecule has 156 valence electrons. The number of esters is 1. The molecule has 0 saturated heterocycles. The fraction of sp³-hybridized carbons (Fsp3) is 0.273. The van der Waals surface area contributed by atoms with Crippen molar-refractivity contribution in [2.45, 2.75) is 26.3 Å². The monoisotopic (exact) mass is 407 g/mol. The Morgan fingerprint density at radius 2 is 1.73 bits per heavy atom. The summed E-state index contributed by atoms with van der Waals surface area (Å²) in [6.45, 7) is 6.12. The highest BCUT2D eigenvalue weighted by Gasteiger charge is 2.16. The second-order valence-electron chi connectivity index (χ2n) is 7.60. The predicted octanol–water partition coefficient (Wildman–Crippen LogP) is 4.29. The van der Waals surface area contributed by atoms with Crippen LogP contribution in [-0.2, 0) is 4.74 Å². The predicted molar refractivity (Wildman–Crippen MR) is 116 cm³/mol. The van der Waals surface area contributed by atoms with Crippen LogP contribution in [0.2, 0.25) is 0 Å². The Kier molecular flexibility index (Phi) is 6.15. The maximum atomic E-state index is 11.9. The molecule has 0 aliphatic rings. The van der Waals surface area contributed by atoms with Gasteiger partial charge in [-0.05, 0) is 45.0 Å². The van der Waals surface area contributed by atoms with E-state index in [1.54, 1.807) is 30.6 Å². The zero-order valence-electron chi connectivity index (χ0n) is 17.7. The van der Waals surface area contributed by atoms with E-state index in [4.69, 9.17) is 9.47 Å². The first-order valence-corrected chi connectivity index (χ1v) is 9.40. The summed E-state index contributed by atoms with van der Waals surface area (Å²) in [5.41, 5.74) is 2.52. The molecule has 0 bridgehead atoms. The number of pyridine rings is 1. The van der Waals surface area contributed by atoms with E-state index in [0.717, 1.165) is 11.3 Å². The highest BCUT2D eigenvalue weighted by atomic mass is 16.5. The maximum absolute atomic E-state index is 11.9. The van der Waals surface area contributed by atoms with Gasteiger partial charge in [-0.15, -0.1) is 0 Å². The number of methoxy groups -OCH3 is 2. The number of rotatable bonds is 6. The Hall–Kier alpha value is -3.68. The molecule has 2 N–H and O–H groups in total. The summed E-state index contributed by atoms with van der Waals surface area (Å²) in [4.78, 5) is 25.2. The lowest BCUT2D eigenvalue weighted by atomic mass is 10.1. The number of carbonyl (C=O) groups excluding carboxylic acids is 1. The van der Waals surface area contributed by atoms with Crippen LogP contribution >= 0.6 is 0 Å². The van der Waals surface area contributed by atoms with Crippen molar-refractivity contribution in [3.63, 3.8) is 0 Å². The first-order chi connectivity index (χ1) is 14.3. The number of nitrogens with zero attached hydrogens (tertiary/aromatic N) is 3. The van der Waals surface area contributed by atoms with Gasteiger partial charge in [0.15, 0.2) is 0 Å². The molecule has 0 amide bonds. The topological polar surface area (TPSA) is 98.3 Å². The minimum atomic E-state index is -0.461. The van der Waals surface area contributed by atoms with Crippen LogP contribution in [0.15, 0.2) is 48.8 Å². The Bertz CT molecular complexity index is 1030. The first kappa shape index (κ1) is 21.0. The van der Waals surface area contributed by atoms with Crippen LogP contribution in [-0.4, -0.2) is 40.7 Å². The summed E-state index contributed by atoms with van der Waals surface area (Å²) >= 11 is 0. The van der Waals surface area contributed by atoms with E-state index < -0.39 is 5.97 Å². The van der Waals surface area contributed by atoms with Crippen molar-refractivity contribution >= 4 is 23.4 Å². The fourth-order valence-electron chi connectivity index (χ4n) is 2.77. The number of hydrogen-bond donors (Lipinski definition) is 2. The molecule has 2 heterocycles. The quantitative estimate of drug-likeness (QED) is 0.584. The molecular formula is C22H25N5O3. The van der Waals surface area contributed by atoms with Gasteiger partial charge in [-0.1, -0.05) is 0 Å². The molecule has 0 unspecified atom stereocenters. The van der Waals surface area contributed by atoms with Crippen LogP contribution in [0, 0.1) is 0 Å². The van der Waals surface area contributed by atoms with Crippen LogP contribution in [0.3, 0.4) is 0 Å². The number of anilines is 3. The highest BCUT2D eigenvalue weighted by Crippen LogP contribution is 2.28. The van der Waals surface area contributed by atoms with Gasteiger partial charge in [-0.3, -0.25) is 4.98 Å². The number of nitrogens with one attached hydrogen (secondary N) is 2. The SMILES string of the molecule is COC(=O)c1ccc(Nc2cc(-c3ccncc3)nc(NC(C)(C)C)n2)cc1OC. The van der Waals surface area contributed by atoms with Crippen molar-refractivity contribution < 1.29 is 14.3 Å². The summed E-state index contributed by atoms with van der Waals surface area (Å²) < 4.78 is 10.1. The largest absolute Gasteiger partial charge is 0.496 e. The fourth-order valence-corrected chi connectivity index (χ4v) is 2.77. The zero-order valence-corrected chi connectivity index (χ0v) is 17.7. The normalized spacial score (nSPS) is 11.0. The van der Waals surface area contributed by atoms with Crippen LogP contribution in [0.4, 0.5) is 17.5 Å². The van der Waals surface area contributed by atoms with E-state index >= 15 is 0 Å². The van der Waals surface area contributed by atoms with E-state index in [1.165, 1.54) is 14.2 Å². The summed E-state index contributed by atoms with van der Waals surface area (Å²) in [6.07, 6.45) is 3.44. The second kappa shape index (κ2) is 8.77. The summed E-state index contributed by atoms with van der Waals surface area (Å²) in [7, 11) is 2.84. The smallest absolute Gasteiger partial charge is 0.341 e. The van der Waals surface area contributed by atoms with Gasteiger partial charge in [0.2, 0.25) is 5.95 Å². The minimum absolute atomic E-state index is 0.209. The van der Waals surface area contributed by atoms with Gasteiger partial charge in [0.1, 0.15) is 17.1 Å². The molecule has 0 aliphatic heterocycles. The van der Waals surface area contributed by atoms with E-state index in [-0.39, 0.29) is 5.54 Å². The van der Waals surface area contributed by atoms with Gasteiger partial charge in [-0.25, -0.2) is 9.78 Å². The molecule has 0 fully saturated rings. The van der Waals surface area contributed by atoms with Crippen molar-refractivity contribution in [2.24, 2.45) is 0 Å². The molecule has 1 aromatic carbocycles. The molecular weight excluding hydrogens is 382 g/mol. The van der Waals surface area contributed by atoms with Gasteiger partial charge in [0.05, 0.1) is 19.9 Å². The minimum Gasteiger partial charge on any atom is -0.496 e. The van der Waals surface area contributed by atoms with Gasteiger partial charge >= 0.3 is 5.97 Å². The van der Waals surface area contributed by atoms with Crippen molar-refractivity contribution in [1.82, 2.24) is 15.0 Å². The summed E-state index contributed by atoms with van der Waals surface area (Å²) in [6, 6.07) is 10.8. The Labute approximate surface area is 175 Å². The van der Waals surface area contributed by atoms with Gasteiger partial charge in [0, 0.05) is 41.3 Å². The Morgan fingerprint density at radius 1 is 1.00 bits per heavy atom. The number of aromatic nitrogens is 3. The van der Waals surface area contributed by atoms with E-state index in [9.17, 15) is 4.79 Å². The van der Waals surface area contributed by atoms with E-state index in [2.05, 4.69) is 25.6 Å². The lowest BCUT2D eigenvalue weighted by molar-refractivity contribution is 0.0597. The molecule has 3 rings (SSSR count). The van der Waals surface area contributed by atoms with E-state index in [1.807, 2.05) is 39.0 Å².